The van der Waals surface area contributed by atoms with Gasteiger partial charge in [0.2, 0.25) is 5.71 Å². The maximum atomic E-state index is 9.34. The first kappa shape index (κ1) is 12.6. The summed E-state index contributed by atoms with van der Waals surface area (Å²) in [5.41, 5.74) is 3.60. The third kappa shape index (κ3) is 2.68. The van der Waals surface area contributed by atoms with Crippen LogP contribution < -0.4 is 5.43 Å². The average Bonchev–Trinajstić information content (AvgIpc) is 2.47. The number of rotatable bonds is 3. The molecule has 0 aromatic heterocycles. The van der Waals surface area contributed by atoms with Gasteiger partial charge < -0.3 is 5.11 Å². The van der Waals surface area contributed by atoms with Crippen molar-refractivity contribution >= 4 is 22.2 Å². The van der Waals surface area contributed by atoms with Crippen molar-refractivity contribution in [3.63, 3.8) is 0 Å². The lowest BCUT2D eigenvalue weighted by atomic mass is 10.1. The molecule has 0 amide bonds. The summed E-state index contributed by atoms with van der Waals surface area (Å²) in [4.78, 5) is 0. The highest BCUT2D eigenvalue weighted by Gasteiger charge is 2.04. The van der Waals surface area contributed by atoms with E-state index in [1.807, 2.05) is 36.4 Å². The first-order valence-electron chi connectivity index (χ1n) is 5.55. The molecule has 0 radical (unpaired) electrons. The third-order valence-electron chi connectivity index (χ3n) is 2.64. The van der Waals surface area contributed by atoms with Crippen molar-refractivity contribution < 1.29 is 5.11 Å². The van der Waals surface area contributed by atoms with E-state index < -0.39 is 0 Å². The van der Waals surface area contributed by atoms with Crippen LogP contribution in [0.3, 0.4) is 0 Å². The van der Waals surface area contributed by atoms with Gasteiger partial charge in [-0.3, -0.25) is 5.43 Å². The van der Waals surface area contributed by atoms with Gasteiger partial charge in [-0.1, -0.05) is 24.3 Å². The number of nitriles is 2. The largest absolute Gasteiger partial charge is 0.392 e. The SMILES string of the molecule is N#CC(C#N)=NNc1cc2ccccc2cc1CO. The summed E-state index contributed by atoms with van der Waals surface area (Å²) in [6.07, 6.45) is 0. The number of nitrogens with one attached hydrogen (secondary N) is 1. The van der Waals surface area contributed by atoms with Crippen molar-refractivity contribution in [2.24, 2.45) is 5.10 Å². The molecule has 2 aromatic rings. The molecule has 2 aromatic carbocycles. The molecule has 92 valence electrons. The van der Waals surface area contributed by atoms with Gasteiger partial charge in [0.1, 0.15) is 12.1 Å². The molecule has 0 saturated carbocycles. The fourth-order valence-corrected chi connectivity index (χ4v) is 1.71. The van der Waals surface area contributed by atoms with Crippen molar-refractivity contribution in [2.75, 3.05) is 5.43 Å². The Hall–Kier alpha value is -2.89. The number of hydrogen-bond acceptors (Lipinski definition) is 5. The molecule has 0 heterocycles. The molecule has 0 aliphatic heterocycles. The van der Waals surface area contributed by atoms with Crippen LogP contribution in [0.5, 0.6) is 0 Å². The summed E-state index contributed by atoms with van der Waals surface area (Å²) in [7, 11) is 0. The van der Waals surface area contributed by atoms with Crippen LogP contribution in [0.15, 0.2) is 41.5 Å². The Kier molecular flexibility index (Phi) is 3.72. The molecular formula is C14H10N4O. The Balaban J connectivity index is 2.45. The van der Waals surface area contributed by atoms with Crippen LogP contribution in [-0.4, -0.2) is 10.8 Å². The van der Waals surface area contributed by atoms with E-state index in [4.69, 9.17) is 10.5 Å². The van der Waals surface area contributed by atoms with Crippen molar-refractivity contribution in [3.8, 4) is 12.1 Å². The van der Waals surface area contributed by atoms with Crippen molar-refractivity contribution in [3.05, 3.63) is 42.0 Å². The van der Waals surface area contributed by atoms with Gasteiger partial charge in [-0.25, -0.2) is 0 Å². The zero-order valence-corrected chi connectivity index (χ0v) is 9.96. The Bertz CT molecular complexity index is 706. The lowest BCUT2D eigenvalue weighted by Crippen LogP contribution is -1.99. The summed E-state index contributed by atoms with van der Waals surface area (Å²) < 4.78 is 0. The van der Waals surface area contributed by atoms with Crippen LogP contribution in [0, 0.1) is 22.7 Å². The highest BCUT2D eigenvalue weighted by Crippen LogP contribution is 2.24. The van der Waals surface area contributed by atoms with Crippen molar-refractivity contribution in [1.29, 1.82) is 10.5 Å². The standard InChI is InChI=1S/C14H10N4O/c15-7-13(8-16)17-18-14-6-11-4-2-1-3-10(11)5-12(14)9-19/h1-6,18-19H,9H2. The van der Waals surface area contributed by atoms with Crippen molar-refractivity contribution in [1.82, 2.24) is 0 Å². The molecule has 2 N–H and O–H groups in total. The first-order chi connectivity index (χ1) is 9.28. The zero-order valence-electron chi connectivity index (χ0n) is 9.96. The number of benzene rings is 2. The second-order valence-corrected chi connectivity index (χ2v) is 3.81. The first-order valence-corrected chi connectivity index (χ1v) is 5.55. The third-order valence-corrected chi connectivity index (χ3v) is 2.64. The van der Waals surface area contributed by atoms with Crippen LogP contribution in [0.1, 0.15) is 5.56 Å². The number of hydrazone groups is 1. The van der Waals surface area contributed by atoms with Crippen LogP contribution in [0.25, 0.3) is 10.8 Å². The molecule has 5 heteroatoms. The number of anilines is 1. The maximum absolute atomic E-state index is 9.34. The van der Waals surface area contributed by atoms with Gasteiger partial charge in [0, 0.05) is 5.56 Å². The molecule has 2 rings (SSSR count). The predicted molar refractivity (Wildman–Crippen MR) is 72.2 cm³/mol. The Morgan fingerprint density at radius 3 is 2.37 bits per heavy atom. The number of hydrogen-bond donors (Lipinski definition) is 2. The van der Waals surface area contributed by atoms with E-state index in [1.54, 1.807) is 12.1 Å². The summed E-state index contributed by atoms with van der Waals surface area (Å²) >= 11 is 0. The average molecular weight is 250 g/mol. The summed E-state index contributed by atoms with van der Waals surface area (Å²) in [5.74, 6) is 0. The number of aliphatic hydroxyl groups is 1. The highest BCUT2D eigenvalue weighted by molar-refractivity contribution is 6.10. The van der Waals surface area contributed by atoms with E-state index in [9.17, 15) is 5.11 Å². The smallest absolute Gasteiger partial charge is 0.237 e. The van der Waals surface area contributed by atoms with Gasteiger partial charge >= 0.3 is 0 Å². The van der Waals surface area contributed by atoms with Gasteiger partial charge in [-0.15, -0.1) is 0 Å². The normalized spacial score (nSPS) is 9.42. The lowest BCUT2D eigenvalue weighted by molar-refractivity contribution is 0.282. The van der Waals surface area contributed by atoms with Gasteiger partial charge in [0.05, 0.1) is 12.3 Å². The van der Waals surface area contributed by atoms with E-state index in [2.05, 4.69) is 10.5 Å². The minimum atomic E-state index is -0.267. The van der Waals surface area contributed by atoms with Crippen LogP contribution >= 0.6 is 0 Å². The van der Waals surface area contributed by atoms with E-state index in [-0.39, 0.29) is 12.3 Å². The maximum Gasteiger partial charge on any atom is 0.237 e. The molecule has 0 atom stereocenters. The molecule has 0 spiro atoms. The molecule has 0 unspecified atom stereocenters. The van der Waals surface area contributed by atoms with E-state index >= 15 is 0 Å². The van der Waals surface area contributed by atoms with Crippen LogP contribution in [-0.2, 0) is 6.61 Å². The number of nitrogens with zero attached hydrogens (tertiary/aromatic N) is 3. The highest BCUT2D eigenvalue weighted by atomic mass is 16.3. The minimum absolute atomic E-state index is 0.156. The lowest BCUT2D eigenvalue weighted by Gasteiger charge is -2.08. The second-order valence-electron chi connectivity index (χ2n) is 3.81. The minimum Gasteiger partial charge on any atom is -0.392 e. The van der Waals surface area contributed by atoms with E-state index in [0.717, 1.165) is 10.8 Å². The summed E-state index contributed by atoms with van der Waals surface area (Å²) in [5, 5.41) is 32.2. The Morgan fingerprint density at radius 1 is 1.16 bits per heavy atom. The fourth-order valence-electron chi connectivity index (χ4n) is 1.71. The van der Waals surface area contributed by atoms with E-state index in [1.165, 1.54) is 0 Å². The predicted octanol–water partition coefficient (Wildman–Crippen LogP) is 2.15. The summed E-state index contributed by atoms with van der Waals surface area (Å²) in [6.45, 7) is -0.156. The molecule has 0 aliphatic rings. The van der Waals surface area contributed by atoms with Gasteiger partial charge in [-0.05, 0) is 22.9 Å². The van der Waals surface area contributed by atoms with Gasteiger partial charge in [0.25, 0.3) is 0 Å². The van der Waals surface area contributed by atoms with Crippen LogP contribution in [0.2, 0.25) is 0 Å². The summed E-state index contributed by atoms with van der Waals surface area (Å²) in [6, 6.07) is 14.7. The topological polar surface area (TPSA) is 92.2 Å². The zero-order chi connectivity index (χ0) is 13.7. The quantitative estimate of drug-likeness (QED) is 0.644. The number of fused-ring (bicyclic) bond motifs is 1. The second kappa shape index (κ2) is 5.63. The monoisotopic (exact) mass is 250 g/mol. The molecule has 19 heavy (non-hydrogen) atoms. The molecule has 0 fully saturated rings. The number of aliphatic hydroxyl groups excluding tert-OH is 1. The molecule has 0 aliphatic carbocycles. The molecule has 0 saturated heterocycles. The Labute approximate surface area is 110 Å². The molecule has 5 nitrogen and oxygen atoms in total. The Morgan fingerprint density at radius 2 is 1.79 bits per heavy atom. The molecular weight excluding hydrogens is 240 g/mol. The van der Waals surface area contributed by atoms with Gasteiger partial charge in [-0.2, -0.15) is 15.6 Å². The van der Waals surface area contributed by atoms with Crippen LogP contribution in [0.4, 0.5) is 5.69 Å². The molecule has 0 bridgehead atoms. The fraction of sp³-hybridized carbons (Fsp3) is 0.0714. The van der Waals surface area contributed by atoms with Crippen molar-refractivity contribution in [2.45, 2.75) is 6.61 Å². The van der Waals surface area contributed by atoms with E-state index in [0.29, 0.717) is 11.3 Å². The van der Waals surface area contributed by atoms with Gasteiger partial charge in [0.15, 0.2) is 0 Å².